The van der Waals surface area contributed by atoms with Crippen LogP contribution in [-0.2, 0) is 0 Å². The van der Waals surface area contributed by atoms with Crippen LogP contribution in [0.15, 0.2) is 48.5 Å². The summed E-state index contributed by atoms with van der Waals surface area (Å²) in [6.07, 6.45) is 0.900. The largest absolute Gasteiger partial charge is 0.303 e. The fourth-order valence-corrected chi connectivity index (χ4v) is 2.29. The van der Waals surface area contributed by atoms with Gasteiger partial charge in [0.25, 0.3) is 0 Å². The van der Waals surface area contributed by atoms with E-state index in [0.29, 0.717) is 0 Å². The molecule has 0 fully saturated rings. The molecule has 106 valence electrons. The van der Waals surface area contributed by atoms with E-state index < -0.39 is 0 Å². The molecule has 0 spiro atoms. The maximum atomic E-state index is 13.0. The van der Waals surface area contributed by atoms with Crippen molar-refractivity contribution in [1.29, 1.82) is 0 Å². The molecule has 0 bridgehead atoms. The van der Waals surface area contributed by atoms with Crippen LogP contribution in [0, 0.1) is 11.6 Å². The summed E-state index contributed by atoms with van der Waals surface area (Å²) in [5, 5.41) is 3.49. The predicted molar refractivity (Wildman–Crippen MR) is 77.4 cm³/mol. The van der Waals surface area contributed by atoms with Gasteiger partial charge in [-0.1, -0.05) is 31.2 Å². The van der Waals surface area contributed by atoms with Gasteiger partial charge in [0.05, 0.1) is 0 Å². The molecule has 0 saturated carbocycles. The zero-order valence-electron chi connectivity index (χ0n) is 11.7. The van der Waals surface area contributed by atoms with Crippen LogP contribution in [0.5, 0.6) is 0 Å². The van der Waals surface area contributed by atoms with E-state index >= 15 is 0 Å². The summed E-state index contributed by atoms with van der Waals surface area (Å²) in [5.41, 5.74) is 2.09. The number of hydrogen-bond acceptors (Lipinski definition) is 1. The van der Waals surface area contributed by atoms with Crippen LogP contribution in [-0.4, -0.2) is 0 Å². The fourth-order valence-electron chi connectivity index (χ4n) is 2.29. The van der Waals surface area contributed by atoms with Crippen LogP contribution in [0.4, 0.5) is 8.78 Å². The average Bonchev–Trinajstić information content (AvgIpc) is 2.46. The van der Waals surface area contributed by atoms with Crippen molar-refractivity contribution in [3.05, 3.63) is 71.3 Å². The van der Waals surface area contributed by atoms with Gasteiger partial charge < -0.3 is 5.32 Å². The lowest BCUT2D eigenvalue weighted by Gasteiger charge is -2.23. The van der Waals surface area contributed by atoms with Gasteiger partial charge in [-0.25, -0.2) is 8.78 Å². The van der Waals surface area contributed by atoms with Crippen LogP contribution in [0.25, 0.3) is 0 Å². The van der Waals surface area contributed by atoms with E-state index in [1.807, 2.05) is 6.92 Å². The Morgan fingerprint density at radius 2 is 1.30 bits per heavy atom. The van der Waals surface area contributed by atoms with Crippen LogP contribution >= 0.6 is 0 Å². The number of rotatable bonds is 5. The molecule has 0 aliphatic carbocycles. The lowest BCUT2D eigenvalue weighted by Crippen LogP contribution is -2.24. The first-order valence-electron chi connectivity index (χ1n) is 6.87. The highest BCUT2D eigenvalue weighted by atomic mass is 19.1. The lowest BCUT2D eigenvalue weighted by atomic mass is 10.0. The molecule has 2 atom stereocenters. The van der Waals surface area contributed by atoms with Gasteiger partial charge in [-0.05, 0) is 48.7 Å². The summed E-state index contributed by atoms with van der Waals surface area (Å²) < 4.78 is 25.9. The van der Waals surface area contributed by atoms with Crippen LogP contribution in [0.1, 0.15) is 43.5 Å². The Balaban J connectivity index is 2.09. The third-order valence-corrected chi connectivity index (χ3v) is 3.50. The summed E-state index contributed by atoms with van der Waals surface area (Å²) in [6, 6.07) is 13.3. The third-order valence-electron chi connectivity index (χ3n) is 3.50. The van der Waals surface area contributed by atoms with Gasteiger partial charge >= 0.3 is 0 Å². The molecular weight excluding hydrogens is 256 g/mol. The van der Waals surface area contributed by atoms with E-state index in [9.17, 15) is 8.78 Å². The van der Waals surface area contributed by atoms with Crippen molar-refractivity contribution in [3.8, 4) is 0 Å². The Bertz CT molecular complexity index is 534. The van der Waals surface area contributed by atoms with Crippen molar-refractivity contribution < 1.29 is 8.78 Å². The first kappa shape index (κ1) is 14.7. The van der Waals surface area contributed by atoms with E-state index in [4.69, 9.17) is 0 Å². The highest BCUT2D eigenvalue weighted by molar-refractivity contribution is 5.23. The highest BCUT2D eigenvalue weighted by Crippen LogP contribution is 2.22. The zero-order chi connectivity index (χ0) is 14.5. The molecule has 0 aliphatic rings. The van der Waals surface area contributed by atoms with E-state index in [2.05, 4.69) is 12.2 Å². The second-order valence-electron chi connectivity index (χ2n) is 4.95. The van der Waals surface area contributed by atoms with E-state index in [1.165, 1.54) is 24.3 Å². The Morgan fingerprint density at radius 3 is 1.75 bits per heavy atom. The minimum absolute atomic E-state index is 0.102. The maximum Gasteiger partial charge on any atom is 0.123 e. The number of halogens is 2. The van der Waals surface area contributed by atoms with Crippen LogP contribution in [0.3, 0.4) is 0 Å². The zero-order valence-corrected chi connectivity index (χ0v) is 11.7. The van der Waals surface area contributed by atoms with Crippen LogP contribution in [0.2, 0.25) is 0 Å². The predicted octanol–water partition coefficient (Wildman–Crippen LogP) is 4.77. The molecule has 2 rings (SSSR count). The first-order chi connectivity index (χ1) is 9.60. The van der Waals surface area contributed by atoms with Gasteiger partial charge in [-0.15, -0.1) is 0 Å². The third kappa shape index (κ3) is 3.64. The van der Waals surface area contributed by atoms with E-state index in [-0.39, 0.29) is 23.7 Å². The maximum absolute atomic E-state index is 13.0. The van der Waals surface area contributed by atoms with Gasteiger partial charge in [0.2, 0.25) is 0 Å². The smallest absolute Gasteiger partial charge is 0.123 e. The van der Waals surface area contributed by atoms with Crippen molar-refractivity contribution in [1.82, 2.24) is 5.32 Å². The Labute approximate surface area is 118 Å². The fraction of sp³-hybridized carbons (Fsp3) is 0.294. The van der Waals surface area contributed by atoms with Crippen molar-refractivity contribution in [2.75, 3.05) is 0 Å². The molecule has 0 radical (unpaired) electrons. The van der Waals surface area contributed by atoms with Gasteiger partial charge in [0.15, 0.2) is 0 Å². The van der Waals surface area contributed by atoms with E-state index in [0.717, 1.165) is 17.5 Å². The molecule has 20 heavy (non-hydrogen) atoms. The summed E-state index contributed by atoms with van der Waals surface area (Å²) in [5.74, 6) is -0.457. The quantitative estimate of drug-likeness (QED) is 0.829. The summed E-state index contributed by atoms with van der Waals surface area (Å²) >= 11 is 0. The Morgan fingerprint density at radius 1 is 0.850 bits per heavy atom. The van der Waals surface area contributed by atoms with Crippen molar-refractivity contribution in [3.63, 3.8) is 0 Å². The van der Waals surface area contributed by atoms with Crippen molar-refractivity contribution in [2.24, 2.45) is 0 Å². The molecule has 0 aliphatic heterocycles. The van der Waals surface area contributed by atoms with Gasteiger partial charge in [-0.3, -0.25) is 0 Å². The molecule has 0 saturated heterocycles. The molecule has 2 aromatic carbocycles. The molecule has 1 nitrogen and oxygen atoms in total. The van der Waals surface area contributed by atoms with E-state index in [1.54, 1.807) is 24.3 Å². The van der Waals surface area contributed by atoms with Gasteiger partial charge in [-0.2, -0.15) is 0 Å². The molecule has 1 N–H and O–H groups in total. The SMILES string of the molecule is CCC(NC(C)c1ccc(F)cc1)c1ccc(F)cc1. The van der Waals surface area contributed by atoms with Gasteiger partial charge in [0, 0.05) is 12.1 Å². The minimum Gasteiger partial charge on any atom is -0.303 e. The Hall–Kier alpha value is -1.74. The second kappa shape index (κ2) is 6.62. The monoisotopic (exact) mass is 275 g/mol. The van der Waals surface area contributed by atoms with Crippen molar-refractivity contribution >= 4 is 0 Å². The summed E-state index contributed by atoms with van der Waals surface area (Å²) in [6.45, 7) is 4.12. The normalized spacial score (nSPS) is 14.0. The van der Waals surface area contributed by atoms with Crippen LogP contribution < -0.4 is 5.32 Å². The Kier molecular flexibility index (Phi) is 4.85. The molecule has 2 unspecified atom stereocenters. The molecular formula is C17H19F2N. The number of hydrogen-bond donors (Lipinski definition) is 1. The van der Waals surface area contributed by atoms with Crippen molar-refractivity contribution in [2.45, 2.75) is 32.4 Å². The minimum atomic E-state index is -0.230. The molecule has 2 aromatic rings. The standard InChI is InChI=1S/C17H19F2N/c1-3-17(14-6-10-16(19)11-7-14)20-12(2)13-4-8-15(18)9-5-13/h4-12,17,20H,3H2,1-2H3. The molecule has 0 aromatic heterocycles. The van der Waals surface area contributed by atoms with Gasteiger partial charge in [0.1, 0.15) is 11.6 Å². The summed E-state index contributed by atoms with van der Waals surface area (Å²) in [7, 11) is 0. The first-order valence-corrected chi connectivity index (χ1v) is 6.87. The topological polar surface area (TPSA) is 12.0 Å². The highest BCUT2D eigenvalue weighted by Gasteiger charge is 2.13. The second-order valence-corrected chi connectivity index (χ2v) is 4.95. The average molecular weight is 275 g/mol. The number of nitrogens with one attached hydrogen (secondary N) is 1. The molecule has 3 heteroatoms. The lowest BCUT2D eigenvalue weighted by molar-refractivity contribution is 0.455. The molecule has 0 amide bonds. The summed E-state index contributed by atoms with van der Waals surface area (Å²) in [4.78, 5) is 0. The molecule has 0 heterocycles. The number of benzene rings is 2.